The zero-order valence-corrected chi connectivity index (χ0v) is 11.2. The molecule has 0 saturated heterocycles. The van der Waals surface area contributed by atoms with Gasteiger partial charge < -0.3 is 0 Å². The van der Waals surface area contributed by atoms with Gasteiger partial charge in [0.1, 0.15) is 5.78 Å². The molecule has 0 atom stereocenters. The fourth-order valence-corrected chi connectivity index (χ4v) is 1.51. The Morgan fingerprint density at radius 3 is 2.06 bits per heavy atom. The largest absolute Gasteiger partial charge is 0.299 e. The van der Waals surface area contributed by atoms with Gasteiger partial charge in [-0.2, -0.15) is 0 Å². The first-order valence-corrected chi connectivity index (χ1v) is 6.00. The highest BCUT2D eigenvalue weighted by atomic mass is 35.5. The van der Waals surface area contributed by atoms with Crippen molar-refractivity contribution in [1.82, 2.24) is 0 Å². The molecule has 2 nitrogen and oxygen atoms in total. The lowest BCUT2D eigenvalue weighted by Crippen LogP contribution is -2.20. The molecular weight excluding hydrogens is 236 g/mol. The first-order chi connectivity index (χ1) is 7.80. The average Bonchev–Trinajstić information content (AvgIpc) is 2.25. The summed E-state index contributed by atoms with van der Waals surface area (Å²) in [5, 5.41) is 0.604. The van der Waals surface area contributed by atoms with E-state index in [0.29, 0.717) is 17.0 Å². The molecule has 1 aromatic carbocycles. The van der Waals surface area contributed by atoms with Crippen LogP contribution in [0, 0.1) is 5.41 Å². The third-order valence-electron chi connectivity index (χ3n) is 2.58. The lowest BCUT2D eigenvalue weighted by molar-refractivity contribution is -0.126. The molecule has 0 aromatic heterocycles. The topological polar surface area (TPSA) is 34.1 Å². The van der Waals surface area contributed by atoms with Crippen LogP contribution in [0.4, 0.5) is 0 Å². The Kier molecular flexibility index (Phi) is 4.47. The minimum Gasteiger partial charge on any atom is -0.299 e. The van der Waals surface area contributed by atoms with E-state index in [4.69, 9.17) is 11.6 Å². The van der Waals surface area contributed by atoms with Crippen LogP contribution in [0.15, 0.2) is 24.3 Å². The number of benzene rings is 1. The van der Waals surface area contributed by atoms with E-state index in [1.54, 1.807) is 24.3 Å². The van der Waals surface area contributed by atoms with Crippen molar-refractivity contribution in [3.8, 4) is 0 Å². The van der Waals surface area contributed by atoms with E-state index >= 15 is 0 Å². The highest BCUT2D eigenvalue weighted by molar-refractivity contribution is 6.30. The second-order valence-electron chi connectivity index (χ2n) is 5.10. The van der Waals surface area contributed by atoms with Crippen molar-refractivity contribution in [3.05, 3.63) is 34.9 Å². The molecule has 0 spiro atoms. The van der Waals surface area contributed by atoms with E-state index in [9.17, 15) is 9.59 Å². The van der Waals surface area contributed by atoms with Gasteiger partial charge >= 0.3 is 0 Å². The second kappa shape index (κ2) is 5.46. The van der Waals surface area contributed by atoms with Gasteiger partial charge in [-0.25, -0.2) is 0 Å². The van der Waals surface area contributed by atoms with Crippen molar-refractivity contribution in [2.45, 2.75) is 33.6 Å². The Balaban J connectivity index is 2.56. The molecule has 1 aromatic rings. The van der Waals surface area contributed by atoms with Crippen molar-refractivity contribution in [2.75, 3.05) is 0 Å². The summed E-state index contributed by atoms with van der Waals surface area (Å²) in [5.41, 5.74) is 0.233. The summed E-state index contributed by atoms with van der Waals surface area (Å²) in [6, 6.07) is 6.74. The van der Waals surface area contributed by atoms with Crippen LogP contribution in [0.5, 0.6) is 0 Å². The number of carbonyl (C=O) groups is 2. The normalized spacial score (nSPS) is 11.3. The summed E-state index contributed by atoms with van der Waals surface area (Å²) in [4.78, 5) is 23.5. The SMILES string of the molecule is CC(C)(C)C(=O)CCC(=O)c1ccc(Cl)cc1. The van der Waals surface area contributed by atoms with Gasteiger partial charge in [0.2, 0.25) is 0 Å². The first-order valence-electron chi connectivity index (χ1n) is 5.63. The third kappa shape index (κ3) is 4.31. The van der Waals surface area contributed by atoms with Crippen LogP contribution in [0.25, 0.3) is 0 Å². The molecule has 0 amide bonds. The van der Waals surface area contributed by atoms with Gasteiger partial charge in [0.25, 0.3) is 0 Å². The van der Waals surface area contributed by atoms with Crippen molar-refractivity contribution in [3.63, 3.8) is 0 Å². The van der Waals surface area contributed by atoms with Gasteiger partial charge in [-0.05, 0) is 24.3 Å². The highest BCUT2D eigenvalue weighted by Gasteiger charge is 2.21. The van der Waals surface area contributed by atoms with E-state index in [2.05, 4.69) is 0 Å². The molecule has 0 N–H and O–H groups in total. The van der Waals surface area contributed by atoms with Crippen molar-refractivity contribution >= 4 is 23.2 Å². The van der Waals surface area contributed by atoms with Gasteiger partial charge in [0.15, 0.2) is 5.78 Å². The first kappa shape index (κ1) is 13.9. The molecule has 3 heteroatoms. The van der Waals surface area contributed by atoms with E-state index in [1.807, 2.05) is 20.8 Å². The lowest BCUT2D eigenvalue weighted by atomic mass is 9.87. The molecular formula is C14H17ClO2. The number of carbonyl (C=O) groups excluding carboxylic acids is 2. The minimum absolute atomic E-state index is 0.0146. The molecule has 0 radical (unpaired) electrons. The van der Waals surface area contributed by atoms with E-state index in [-0.39, 0.29) is 23.4 Å². The number of hydrogen-bond donors (Lipinski definition) is 0. The molecule has 92 valence electrons. The van der Waals surface area contributed by atoms with Gasteiger partial charge in [-0.1, -0.05) is 32.4 Å². The second-order valence-corrected chi connectivity index (χ2v) is 5.54. The van der Waals surface area contributed by atoms with Crippen LogP contribution in [0.3, 0.4) is 0 Å². The average molecular weight is 253 g/mol. The Labute approximate surface area is 107 Å². The number of halogens is 1. The highest BCUT2D eigenvalue weighted by Crippen LogP contribution is 2.19. The quantitative estimate of drug-likeness (QED) is 0.761. The molecule has 0 aliphatic carbocycles. The summed E-state index contributed by atoms with van der Waals surface area (Å²) in [7, 11) is 0. The zero-order valence-electron chi connectivity index (χ0n) is 10.4. The van der Waals surface area contributed by atoms with E-state index in [1.165, 1.54) is 0 Å². The maximum atomic E-state index is 11.8. The predicted molar refractivity (Wildman–Crippen MR) is 69.5 cm³/mol. The number of Topliss-reactive ketones (excluding diaryl/α,β-unsaturated/α-hetero) is 2. The maximum Gasteiger partial charge on any atom is 0.163 e. The van der Waals surface area contributed by atoms with Crippen LogP contribution in [0.1, 0.15) is 44.0 Å². The summed E-state index contributed by atoms with van der Waals surface area (Å²) < 4.78 is 0. The van der Waals surface area contributed by atoms with Crippen LogP contribution < -0.4 is 0 Å². The van der Waals surface area contributed by atoms with Gasteiger partial charge in [-0.3, -0.25) is 9.59 Å². The van der Waals surface area contributed by atoms with E-state index in [0.717, 1.165) is 0 Å². The monoisotopic (exact) mass is 252 g/mol. The van der Waals surface area contributed by atoms with Gasteiger partial charge in [0, 0.05) is 28.8 Å². The Morgan fingerprint density at radius 1 is 1.06 bits per heavy atom. The van der Waals surface area contributed by atoms with E-state index < -0.39 is 0 Å². The Hall–Kier alpha value is -1.15. The molecule has 0 heterocycles. The molecule has 0 aliphatic rings. The summed E-state index contributed by atoms with van der Waals surface area (Å²) >= 11 is 5.74. The molecule has 0 aliphatic heterocycles. The van der Waals surface area contributed by atoms with Crippen molar-refractivity contribution in [2.24, 2.45) is 5.41 Å². The fraction of sp³-hybridized carbons (Fsp3) is 0.429. The van der Waals surface area contributed by atoms with Gasteiger partial charge in [0.05, 0.1) is 0 Å². The standard InChI is InChI=1S/C14H17ClO2/c1-14(2,3)13(17)9-8-12(16)10-4-6-11(15)7-5-10/h4-7H,8-9H2,1-3H3. The molecule has 17 heavy (non-hydrogen) atoms. The fourth-order valence-electron chi connectivity index (χ4n) is 1.38. The summed E-state index contributed by atoms with van der Waals surface area (Å²) in [6.07, 6.45) is 0.558. The third-order valence-corrected chi connectivity index (χ3v) is 2.83. The zero-order chi connectivity index (χ0) is 13.1. The summed E-state index contributed by atoms with van der Waals surface area (Å²) in [5.74, 6) is 0.0964. The number of hydrogen-bond acceptors (Lipinski definition) is 2. The van der Waals surface area contributed by atoms with Crippen LogP contribution >= 0.6 is 11.6 Å². The van der Waals surface area contributed by atoms with Crippen LogP contribution in [0.2, 0.25) is 5.02 Å². The van der Waals surface area contributed by atoms with Crippen molar-refractivity contribution < 1.29 is 9.59 Å². The molecule has 0 bridgehead atoms. The molecule has 1 rings (SSSR count). The van der Waals surface area contributed by atoms with Crippen LogP contribution in [-0.4, -0.2) is 11.6 Å². The molecule has 0 fully saturated rings. The smallest absolute Gasteiger partial charge is 0.163 e. The van der Waals surface area contributed by atoms with Gasteiger partial charge in [-0.15, -0.1) is 0 Å². The lowest BCUT2D eigenvalue weighted by Gasteiger charge is -2.15. The van der Waals surface area contributed by atoms with Crippen molar-refractivity contribution in [1.29, 1.82) is 0 Å². The summed E-state index contributed by atoms with van der Waals surface area (Å²) in [6.45, 7) is 5.59. The predicted octanol–water partition coefficient (Wildman–Crippen LogP) is 3.92. The number of rotatable bonds is 4. The van der Waals surface area contributed by atoms with Crippen LogP contribution in [-0.2, 0) is 4.79 Å². The molecule has 0 saturated carbocycles. The minimum atomic E-state index is -0.375. The number of ketones is 2. The Morgan fingerprint density at radius 2 is 1.59 bits per heavy atom. The maximum absolute atomic E-state index is 11.8. The molecule has 0 unspecified atom stereocenters. The Bertz CT molecular complexity index is 413.